The first-order valence-electron chi connectivity index (χ1n) is 11.3. The Kier molecular flexibility index (Phi) is 6.99. The van der Waals surface area contributed by atoms with E-state index < -0.39 is 10.0 Å². The van der Waals surface area contributed by atoms with E-state index in [1.165, 1.54) is 4.31 Å². The number of anilines is 2. The van der Waals surface area contributed by atoms with Crippen molar-refractivity contribution in [2.24, 2.45) is 0 Å². The second-order valence-electron chi connectivity index (χ2n) is 8.08. The average molecular weight is 472 g/mol. The number of carbonyl (C=O) groups is 2. The number of benzene rings is 2. The van der Waals surface area contributed by atoms with Crippen molar-refractivity contribution >= 4 is 33.2 Å². The van der Waals surface area contributed by atoms with Crippen LogP contribution in [0.4, 0.5) is 11.4 Å². The van der Waals surface area contributed by atoms with Gasteiger partial charge >= 0.3 is 0 Å². The lowest BCUT2D eigenvalue weighted by molar-refractivity contribution is -0.136. The molecule has 0 aromatic heterocycles. The highest BCUT2D eigenvalue weighted by Crippen LogP contribution is 2.32. The topological polar surface area (TPSA) is 87.2 Å². The molecule has 2 aliphatic rings. The molecule has 0 unspecified atom stereocenters. The van der Waals surface area contributed by atoms with Gasteiger partial charge in [-0.2, -0.15) is 0 Å². The van der Waals surface area contributed by atoms with Crippen molar-refractivity contribution in [3.05, 3.63) is 54.1 Å². The van der Waals surface area contributed by atoms with Crippen LogP contribution in [0.5, 0.6) is 0 Å². The number of rotatable bonds is 7. The zero-order valence-electron chi connectivity index (χ0n) is 18.8. The number of para-hydroxylation sites is 1. The Hall–Kier alpha value is -2.91. The number of ether oxygens (including phenoxy) is 1. The molecule has 4 rings (SSSR count). The fraction of sp³-hybridized carbons (Fsp3) is 0.417. The Labute approximate surface area is 194 Å². The molecule has 0 aliphatic carbocycles. The minimum atomic E-state index is -3.73. The summed E-state index contributed by atoms with van der Waals surface area (Å²) >= 11 is 0. The third kappa shape index (κ3) is 4.89. The van der Waals surface area contributed by atoms with Gasteiger partial charge in [-0.1, -0.05) is 18.2 Å². The molecular formula is C24H29N3O5S. The van der Waals surface area contributed by atoms with E-state index in [0.29, 0.717) is 51.5 Å². The summed E-state index contributed by atoms with van der Waals surface area (Å²) in [6, 6.07) is 13.9. The number of carbonyl (C=O) groups excluding carboxylic acids is 2. The van der Waals surface area contributed by atoms with Gasteiger partial charge in [0.25, 0.3) is 10.0 Å². The number of fused-ring (bicyclic) bond motifs is 1. The molecule has 2 aromatic rings. The van der Waals surface area contributed by atoms with E-state index in [2.05, 4.69) is 0 Å². The van der Waals surface area contributed by atoms with Crippen LogP contribution in [0.25, 0.3) is 0 Å². The molecule has 8 nitrogen and oxygen atoms in total. The highest BCUT2D eigenvalue weighted by molar-refractivity contribution is 7.92. The van der Waals surface area contributed by atoms with E-state index in [1.807, 2.05) is 18.2 Å². The molecule has 33 heavy (non-hydrogen) atoms. The van der Waals surface area contributed by atoms with Crippen LogP contribution in [0, 0.1) is 0 Å². The van der Waals surface area contributed by atoms with Gasteiger partial charge in [0.1, 0.15) is 0 Å². The van der Waals surface area contributed by atoms with Crippen molar-refractivity contribution < 1.29 is 22.7 Å². The molecule has 0 saturated carbocycles. The fourth-order valence-corrected chi connectivity index (χ4v) is 5.85. The third-order valence-corrected chi connectivity index (χ3v) is 7.98. The SMILES string of the molecule is CCN(c1ccccc1)S(=O)(=O)c1ccc2c(c1)CCN2C(=O)CCC(=O)N1CCOCC1. The lowest BCUT2D eigenvalue weighted by Crippen LogP contribution is -2.41. The second kappa shape index (κ2) is 9.93. The maximum absolute atomic E-state index is 13.3. The molecule has 0 atom stereocenters. The zero-order chi connectivity index (χ0) is 23.4. The third-order valence-electron chi connectivity index (χ3n) is 6.08. The van der Waals surface area contributed by atoms with Crippen molar-refractivity contribution in [1.29, 1.82) is 0 Å². The molecule has 2 amide bonds. The van der Waals surface area contributed by atoms with E-state index in [-0.39, 0.29) is 29.6 Å². The summed E-state index contributed by atoms with van der Waals surface area (Å²) in [5.74, 6) is -0.154. The lowest BCUT2D eigenvalue weighted by Gasteiger charge is -2.27. The van der Waals surface area contributed by atoms with Crippen molar-refractivity contribution in [3.63, 3.8) is 0 Å². The van der Waals surface area contributed by atoms with E-state index in [9.17, 15) is 18.0 Å². The summed E-state index contributed by atoms with van der Waals surface area (Å²) in [5.41, 5.74) is 2.16. The molecule has 1 fully saturated rings. The molecule has 1 saturated heterocycles. The smallest absolute Gasteiger partial charge is 0.264 e. The van der Waals surface area contributed by atoms with Crippen LogP contribution < -0.4 is 9.21 Å². The summed E-state index contributed by atoms with van der Waals surface area (Å²) in [6.07, 6.45) is 0.881. The number of hydrogen-bond acceptors (Lipinski definition) is 5. The highest BCUT2D eigenvalue weighted by Gasteiger charge is 2.29. The zero-order valence-corrected chi connectivity index (χ0v) is 19.6. The Morgan fingerprint density at radius 2 is 1.67 bits per heavy atom. The van der Waals surface area contributed by atoms with Gasteiger partial charge < -0.3 is 14.5 Å². The second-order valence-corrected chi connectivity index (χ2v) is 9.95. The van der Waals surface area contributed by atoms with Gasteiger partial charge in [-0.3, -0.25) is 13.9 Å². The first-order valence-corrected chi connectivity index (χ1v) is 12.7. The Morgan fingerprint density at radius 1 is 0.970 bits per heavy atom. The highest BCUT2D eigenvalue weighted by atomic mass is 32.2. The van der Waals surface area contributed by atoms with Crippen LogP contribution in [-0.2, 0) is 30.8 Å². The molecule has 0 radical (unpaired) electrons. The molecule has 176 valence electrons. The number of nitrogens with zero attached hydrogens (tertiary/aromatic N) is 3. The summed E-state index contributed by atoms with van der Waals surface area (Å²) in [5, 5.41) is 0. The van der Waals surface area contributed by atoms with Crippen LogP contribution in [-0.4, -0.2) is 64.5 Å². The molecule has 2 aliphatic heterocycles. The number of hydrogen-bond donors (Lipinski definition) is 0. The summed E-state index contributed by atoms with van der Waals surface area (Å²) in [6.45, 7) is 4.79. The van der Waals surface area contributed by atoms with E-state index in [1.54, 1.807) is 47.1 Å². The molecule has 9 heteroatoms. The van der Waals surface area contributed by atoms with E-state index in [0.717, 1.165) is 11.3 Å². The van der Waals surface area contributed by atoms with Gasteiger partial charge in [0.05, 0.1) is 23.8 Å². The summed E-state index contributed by atoms with van der Waals surface area (Å²) in [7, 11) is -3.73. The van der Waals surface area contributed by atoms with Crippen LogP contribution in [0.1, 0.15) is 25.3 Å². The van der Waals surface area contributed by atoms with Crippen molar-refractivity contribution in [1.82, 2.24) is 4.90 Å². The minimum Gasteiger partial charge on any atom is -0.378 e. The summed E-state index contributed by atoms with van der Waals surface area (Å²) < 4.78 is 33.2. The number of sulfonamides is 1. The lowest BCUT2D eigenvalue weighted by atomic mass is 10.2. The molecule has 0 N–H and O–H groups in total. The number of amides is 2. The van der Waals surface area contributed by atoms with Gasteiger partial charge in [-0.15, -0.1) is 0 Å². The fourth-order valence-electron chi connectivity index (χ4n) is 4.33. The van der Waals surface area contributed by atoms with Crippen LogP contribution in [0.2, 0.25) is 0 Å². The maximum Gasteiger partial charge on any atom is 0.264 e. The minimum absolute atomic E-state index is 0.0342. The van der Waals surface area contributed by atoms with E-state index in [4.69, 9.17) is 4.74 Å². The monoisotopic (exact) mass is 471 g/mol. The number of morpholine rings is 1. The molecular weight excluding hydrogens is 442 g/mol. The average Bonchev–Trinajstić information content (AvgIpc) is 3.27. The first kappa shape index (κ1) is 23.3. The van der Waals surface area contributed by atoms with Gasteiger partial charge in [0, 0.05) is 44.7 Å². The Balaban J connectivity index is 1.46. The van der Waals surface area contributed by atoms with Gasteiger partial charge in [0.2, 0.25) is 11.8 Å². The van der Waals surface area contributed by atoms with Crippen molar-refractivity contribution in [3.8, 4) is 0 Å². The largest absolute Gasteiger partial charge is 0.378 e. The maximum atomic E-state index is 13.3. The van der Waals surface area contributed by atoms with Crippen LogP contribution in [0.15, 0.2) is 53.4 Å². The van der Waals surface area contributed by atoms with E-state index >= 15 is 0 Å². The molecule has 0 spiro atoms. The predicted molar refractivity (Wildman–Crippen MR) is 126 cm³/mol. The van der Waals surface area contributed by atoms with Gasteiger partial charge in [0.15, 0.2) is 0 Å². The molecule has 2 heterocycles. The van der Waals surface area contributed by atoms with Crippen LogP contribution in [0.3, 0.4) is 0 Å². The summed E-state index contributed by atoms with van der Waals surface area (Å²) in [4.78, 5) is 28.8. The van der Waals surface area contributed by atoms with Gasteiger partial charge in [-0.25, -0.2) is 8.42 Å². The Morgan fingerprint density at radius 3 is 2.36 bits per heavy atom. The Bertz CT molecular complexity index is 1110. The van der Waals surface area contributed by atoms with Gasteiger partial charge in [-0.05, 0) is 49.2 Å². The quantitative estimate of drug-likeness (QED) is 0.619. The normalized spacial score (nSPS) is 15.9. The molecule has 2 aromatic carbocycles. The van der Waals surface area contributed by atoms with Crippen LogP contribution >= 0.6 is 0 Å². The molecule has 0 bridgehead atoms. The predicted octanol–water partition coefficient (Wildman–Crippen LogP) is 2.43. The first-order chi connectivity index (χ1) is 15.9. The van der Waals surface area contributed by atoms with Crippen molar-refractivity contribution in [2.45, 2.75) is 31.1 Å². The standard InChI is InChI=1S/C24H29N3O5S/c1-2-27(20-6-4-3-5-7-20)33(30,31)21-8-9-22-19(18-21)12-13-26(22)24(29)11-10-23(28)25-14-16-32-17-15-25/h3-9,18H,2,10-17H2,1H3. The van der Waals surface area contributed by atoms with Crippen molar-refractivity contribution in [2.75, 3.05) is 48.6 Å².